The lowest BCUT2D eigenvalue weighted by molar-refractivity contribution is 0.759. The molecule has 11 rings (SSSR count). The number of fused-ring (bicyclic) bond motifs is 10. The molecule has 3 heterocycles. The van der Waals surface area contributed by atoms with E-state index in [-0.39, 0.29) is 0 Å². The maximum atomic E-state index is 5.41. The van der Waals surface area contributed by atoms with Gasteiger partial charge in [-0.2, -0.15) is 0 Å². The normalized spacial score (nSPS) is 16.6. The van der Waals surface area contributed by atoms with E-state index >= 15 is 0 Å². The van der Waals surface area contributed by atoms with E-state index in [9.17, 15) is 0 Å². The largest absolute Gasteiger partial charge is 0.276 e. The Bertz CT molecular complexity index is 2910. The van der Waals surface area contributed by atoms with E-state index in [4.69, 9.17) is 9.97 Å². The summed E-state index contributed by atoms with van der Waals surface area (Å²) >= 11 is 1.92. The molecule has 0 N–H and O–H groups in total. The van der Waals surface area contributed by atoms with Crippen LogP contribution in [-0.4, -0.2) is 14.5 Å². The van der Waals surface area contributed by atoms with Crippen molar-refractivity contribution in [3.63, 3.8) is 0 Å². The molecule has 1 atom stereocenters. The first-order valence-corrected chi connectivity index (χ1v) is 18.5. The molecule has 0 fully saturated rings. The molecule has 0 saturated heterocycles. The number of thiophene rings is 1. The number of hydrogen-bond acceptors (Lipinski definition) is 3. The average molecular weight is 670 g/mol. The van der Waals surface area contributed by atoms with Gasteiger partial charge in [0.2, 0.25) is 5.95 Å². The van der Waals surface area contributed by atoms with E-state index in [0.717, 1.165) is 46.0 Å². The molecule has 0 bridgehead atoms. The van der Waals surface area contributed by atoms with E-state index < -0.39 is 5.41 Å². The van der Waals surface area contributed by atoms with Gasteiger partial charge in [-0.05, 0) is 52.8 Å². The smallest absolute Gasteiger partial charge is 0.235 e. The number of benzene rings is 6. The van der Waals surface area contributed by atoms with Gasteiger partial charge in [0.25, 0.3) is 0 Å². The zero-order valence-electron chi connectivity index (χ0n) is 27.8. The highest BCUT2D eigenvalue weighted by Crippen LogP contribution is 2.62. The van der Waals surface area contributed by atoms with Crippen LogP contribution in [-0.2, 0) is 5.41 Å². The number of aromatic nitrogens is 3. The van der Waals surface area contributed by atoms with Gasteiger partial charge in [0.15, 0.2) is 0 Å². The molecule has 0 spiro atoms. The number of allylic oxidation sites excluding steroid dienone is 4. The Hall–Kier alpha value is -6.10. The van der Waals surface area contributed by atoms with Crippen molar-refractivity contribution >= 4 is 54.1 Å². The van der Waals surface area contributed by atoms with Crippen LogP contribution in [0.15, 0.2) is 169 Å². The van der Waals surface area contributed by atoms with E-state index in [2.05, 4.69) is 168 Å². The van der Waals surface area contributed by atoms with Crippen LogP contribution in [0.5, 0.6) is 0 Å². The molecule has 51 heavy (non-hydrogen) atoms. The fourth-order valence-electron chi connectivity index (χ4n) is 8.84. The van der Waals surface area contributed by atoms with E-state index in [1.54, 1.807) is 0 Å². The van der Waals surface area contributed by atoms with Gasteiger partial charge in [-0.15, -0.1) is 11.3 Å². The van der Waals surface area contributed by atoms with E-state index in [1.165, 1.54) is 53.6 Å². The molecule has 240 valence electrons. The molecule has 2 aliphatic rings. The molecule has 4 heteroatoms. The zero-order chi connectivity index (χ0) is 33.5. The highest BCUT2D eigenvalue weighted by molar-refractivity contribution is 7.23. The van der Waals surface area contributed by atoms with Crippen LogP contribution in [0.4, 0.5) is 0 Å². The Labute approximate surface area is 299 Å². The van der Waals surface area contributed by atoms with Crippen molar-refractivity contribution in [2.24, 2.45) is 0 Å². The summed E-state index contributed by atoms with van der Waals surface area (Å²) in [7, 11) is 0. The van der Waals surface area contributed by atoms with Crippen molar-refractivity contribution in [2.45, 2.75) is 18.3 Å². The van der Waals surface area contributed by atoms with Gasteiger partial charge >= 0.3 is 0 Å². The Kier molecular flexibility index (Phi) is 6.16. The van der Waals surface area contributed by atoms with Crippen LogP contribution >= 0.6 is 11.3 Å². The highest BCUT2D eigenvalue weighted by atomic mass is 32.1. The first kappa shape index (κ1) is 28.7. The Morgan fingerprint density at radius 1 is 0.608 bits per heavy atom. The van der Waals surface area contributed by atoms with Crippen molar-refractivity contribution < 1.29 is 0 Å². The van der Waals surface area contributed by atoms with Gasteiger partial charge in [0.1, 0.15) is 0 Å². The number of hydrogen-bond donors (Lipinski definition) is 0. The van der Waals surface area contributed by atoms with Gasteiger partial charge in [-0.3, -0.25) is 4.57 Å². The molecule has 2 aliphatic carbocycles. The fraction of sp³-hybridized carbons (Fsp3) is 0.0638. The van der Waals surface area contributed by atoms with Crippen molar-refractivity contribution in [1.29, 1.82) is 0 Å². The second-order valence-corrected chi connectivity index (χ2v) is 14.6. The third kappa shape index (κ3) is 3.94. The second-order valence-electron chi connectivity index (χ2n) is 13.6. The summed E-state index contributed by atoms with van der Waals surface area (Å²) in [5.41, 5.74) is 11.5. The van der Waals surface area contributed by atoms with Crippen molar-refractivity contribution in [3.8, 4) is 27.6 Å². The summed E-state index contributed by atoms with van der Waals surface area (Å²) in [5.74, 6) is 0.687. The first-order valence-electron chi connectivity index (χ1n) is 17.7. The van der Waals surface area contributed by atoms with Crippen molar-refractivity contribution in [2.75, 3.05) is 0 Å². The lowest BCUT2D eigenvalue weighted by Gasteiger charge is -2.35. The molecule has 3 nitrogen and oxygen atoms in total. The Balaban J connectivity index is 1.30. The predicted octanol–water partition coefficient (Wildman–Crippen LogP) is 12.2. The fourth-order valence-corrected chi connectivity index (χ4v) is 10.3. The van der Waals surface area contributed by atoms with Gasteiger partial charge in [-0.25, -0.2) is 9.97 Å². The minimum atomic E-state index is -0.424. The topological polar surface area (TPSA) is 30.7 Å². The lowest BCUT2D eigenvalue weighted by atomic mass is 9.66. The van der Waals surface area contributed by atoms with Crippen molar-refractivity contribution in [3.05, 3.63) is 186 Å². The van der Waals surface area contributed by atoms with E-state index in [1.807, 2.05) is 11.3 Å². The van der Waals surface area contributed by atoms with Crippen LogP contribution in [0.25, 0.3) is 70.4 Å². The van der Waals surface area contributed by atoms with Gasteiger partial charge in [0, 0.05) is 32.0 Å². The molecule has 6 aromatic carbocycles. The first-order chi connectivity index (χ1) is 25.3. The summed E-state index contributed by atoms with van der Waals surface area (Å²) in [6.45, 7) is 0. The SMILES string of the molecule is C1=CC(C2(c3ccccc3)c3ccccc3-c3sc4c(ccc5c6ccccc6n(-c6nc(-c7ccccc7)c7ccccc7n6)c54)c32)=CCC1. The molecule has 9 aromatic rings. The third-order valence-electron chi connectivity index (χ3n) is 10.9. The number of rotatable bonds is 4. The van der Waals surface area contributed by atoms with E-state index in [0.29, 0.717) is 5.95 Å². The van der Waals surface area contributed by atoms with Gasteiger partial charge < -0.3 is 0 Å². The summed E-state index contributed by atoms with van der Waals surface area (Å²) in [5, 5.41) is 4.75. The quantitative estimate of drug-likeness (QED) is 0.187. The van der Waals surface area contributed by atoms with Crippen LogP contribution in [0.3, 0.4) is 0 Å². The van der Waals surface area contributed by atoms with Gasteiger partial charge in [0.05, 0.1) is 32.4 Å². The zero-order valence-corrected chi connectivity index (χ0v) is 28.6. The molecule has 3 aromatic heterocycles. The Morgan fingerprint density at radius 2 is 1.33 bits per heavy atom. The Morgan fingerprint density at radius 3 is 2.18 bits per heavy atom. The van der Waals surface area contributed by atoms with Crippen LogP contribution < -0.4 is 0 Å². The molecule has 0 aliphatic heterocycles. The molecule has 0 amide bonds. The average Bonchev–Trinajstić information content (AvgIpc) is 3.85. The highest BCUT2D eigenvalue weighted by Gasteiger charge is 2.49. The summed E-state index contributed by atoms with van der Waals surface area (Å²) in [4.78, 5) is 12.1. The maximum Gasteiger partial charge on any atom is 0.235 e. The standard InChI is InChI=1S/C47H31N3S/c1-4-16-30(17-5-1)42-36-24-11-14-26-39(36)48-46(49-42)50-40-27-15-12-22-33(40)34-28-29-37-41-44(51-45(37)43(34)50)35-23-10-13-25-38(35)47(41,31-18-6-2-7-19-31)32-20-8-3-9-21-32/h1-2,4-8,10-29H,3,9H2. The minimum absolute atomic E-state index is 0.424. The van der Waals surface area contributed by atoms with Gasteiger partial charge in [-0.1, -0.05) is 152 Å². The van der Waals surface area contributed by atoms with Crippen LogP contribution in [0.1, 0.15) is 29.5 Å². The monoisotopic (exact) mass is 669 g/mol. The van der Waals surface area contributed by atoms with Crippen molar-refractivity contribution in [1.82, 2.24) is 14.5 Å². The minimum Gasteiger partial charge on any atom is -0.276 e. The summed E-state index contributed by atoms with van der Waals surface area (Å²) in [6, 6.07) is 52.5. The molecule has 0 saturated carbocycles. The molecule has 1 unspecified atom stereocenters. The summed E-state index contributed by atoms with van der Waals surface area (Å²) in [6.07, 6.45) is 9.33. The number of para-hydroxylation sites is 2. The molecular weight excluding hydrogens is 639 g/mol. The second kappa shape index (κ2) is 10.9. The van der Waals surface area contributed by atoms with Crippen LogP contribution in [0, 0.1) is 0 Å². The molecular formula is C47H31N3S. The third-order valence-corrected chi connectivity index (χ3v) is 12.2. The van der Waals surface area contributed by atoms with Crippen LogP contribution in [0.2, 0.25) is 0 Å². The maximum absolute atomic E-state index is 5.41. The molecule has 0 radical (unpaired) electrons. The lowest BCUT2D eigenvalue weighted by Crippen LogP contribution is -2.29. The summed E-state index contributed by atoms with van der Waals surface area (Å²) < 4.78 is 3.59. The number of nitrogens with zero attached hydrogens (tertiary/aromatic N) is 3. The predicted molar refractivity (Wildman–Crippen MR) is 213 cm³/mol.